The van der Waals surface area contributed by atoms with E-state index in [1.807, 2.05) is 0 Å². The van der Waals surface area contributed by atoms with Crippen molar-refractivity contribution in [2.24, 2.45) is 5.92 Å². The number of carbonyl (C=O) groups is 1. The zero-order valence-corrected chi connectivity index (χ0v) is 7.09. The summed E-state index contributed by atoms with van der Waals surface area (Å²) in [5.41, 5.74) is 0. The Bertz CT molecular complexity index is 160. The lowest BCUT2D eigenvalue weighted by molar-refractivity contribution is -0.144. The van der Waals surface area contributed by atoms with Crippen LogP contribution in [-0.4, -0.2) is 32.5 Å². The van der Waals surface area contributed by atoms with Crippen LogP contribution >= 0.6 is 0 Å². The van der Waals surface area contributed by atoms with Gasteiger partial charge in [-0.2, -0.15) is 0 Å². The van der Waals surface area contributed by atoms with Crippen LogP contribution in [0.25, 0.3) is 0 Å². The third-order valence-corrected chi connectivity index (χ3v) is 2.04. The summed E-state index contributed by atoms with van der Waals surface area (Å²) in [5.74, 6) is -0.681. The van der Waals surface area contributed by atoms with E-state index in [2.05, 4.69) is 4.74 Å². The van der Waals surface area contributed by atoms with Crippen LogP contribution in [0.15, 0.2) is 0 Å². The first kappa shape index (κ1) is 9.45. The van der Waals surface area contributed by atoms with Crippen LogP contribution in [0.3, 0.4) is 0 Å². The van der Waals surface area contributed by atoms with Gasteiger partial charge in [0.2, 0.25) is 0 Å². The largest absolute Gasteiger partial charge is 0.469 e. The van der Waals surface area contributed by atoms with Gasteiger partial charge in [-0.15, -0.1) is 0 Å². The van der Waals surface area contributed by atoms with Gasteiger partial charge >= 0.3 is 5.97 Å². The number of hydrogen-bond acceptors (Lipinski definition) is 3. The van der Waals surface area contributed by atoms with Crippen molar-refractivity contribution in [1.82, 2.24) is 0 Å². The predicted octanol–water partition coefficient (Wildman–Crippen LogP) is 0.924. The van der Waals surface area contributed by atoms with Crippen molar-refractivity contribution in [3.05, 3.63) is 0 Å². The second-order valence-corrected chi connectivity index (χ2v) is 2.92. The fourth-order valence-corrected chi connectivity index (χ4v) is 1.25. The minimum atomic E-state index is -0.919. The van der Waals surface area contributed by atoms with Gasteiger partial charge < -0.3 is 9.47 Å². The first-order chi connectivity index (χ1) is 5.74. The van der Waals surface area contributed by atoms with Gasteiger partial charge in [-0.25, -0.2) is 4.39 Å². The van der Waals surface area contributed by atoms with E-state index in [4.69, 9.17) is 4.74 Å². The molecule has 1 fully saturated rings. The SMILES string of the molecule is COC(=O)CC1COCCC1F. The highest BCUT2D eigenvalue weighted by Gasteiger charge is 2.27. The molecular formula is C8H13FO3. The van der Waals surface area contributed by atoms with Crippen LogP contribution in [0.1, 0.15) is 12.8 Å². The zero-order valence-electron chi connectivity index (χ0n) is 7.09. The van der Waals surface area contributed by atoms with E-state index in [9.17, 15) is 9.18 Å². The molecule has 0 radical (unpaired) electrons. The molecule has 4 heteroatoms. The third-order valence-electron chi connectivity index (χ3n) is 2.04. The van der Waals surface area contributed by atoms with E-state index in [1.165, 1.54) is 7.11 Å². The van der Waals surface area contributed by atoms with Crippen LogP contribution in [0, 0.1) is 5.92 Å². The van der Waals surface area contributed by atoms with Gasteiger partial charge in [0, 0.05) is 18.9 Å². The summed E-state index contributed by atoms with van der Waals surface area (Å²) in [4.78, 5) is 10.8. The first-order valence-electron chi connectivity index (χ1n) is 4.02. The normalized spacial score (nSPS) is 29.8. The molecule has 1 aliphatic rings. The summed E-state index contributed by atoms with van der Waals surface area (Å²) >= 11 is 0. The molecule has 1 aliphatic heterocycles. The van der Waals surface area contributed by atoms with Crippen LogP contribution in [0.5, 0.6) is 0 Å². The van der Waals surface area contributed by atoms with Crippen molar-refractivity contribution < 1.29 is 18.7 Å². The molecular weight excluding hydrogens is 163 g/mol. The summed E-state index contributed by atoms with van der Waals surface area (Å²) in [6.45, 7) is 0.787. The van der Waals surface area contributed by atoms with Gasteiger partial charge in [-0.1, -0.05) is 0 Å². The molecule has 70 valence electrons. The van der Waals surface area contributed by atoms with E-state index < -0.39 is 6.17 Å². The third kappa shape index (κ3) is 2.44. The molecule has 0 bridgehead atoms. The Morgan fingerprint density at radius 3 is 3.08 bits per heavy atom. The van der Waals surface area contributed by atoms with E-state index in [-0.39, 0.29) is 18.3 Å². The first-order valence-corrected chi connectivity index (χ1v) is 4.02. The minimum absolute atomic E-state index is 0.123. The van der Waals surface area contributed by atoms with Crippen molar-refractivity contribution in [3.63, 3.8) is 0 Å². The Balaban J connectivity index is 2.33. The van der Waals surface area contributed by atoms with Gasteiger partial charge in [0.05, 0.1) is 20.1 Å². The van der Waals surface area contributed by atoms with Crippen molar-refractivity contribution in [2.45, 2.75) is 19.0 Å². The maximum absolute atomic E-state index is 13.1. The van der Waals surface area contributed by atoms with Crippen molar-refractivity contribution in [3.8, 4) is 0 Å². The van der Waals surface area contributed by atoms with E-state index in [1.54, 1.807) is 0 Å². The molecule has 12 heavy (non-hydrogen) atoms. The molecule has 1 rings (SSSR count). The number of esters is 1. The van der Waals surface area contributed by atoms with Crippen LogP contribution < -0.4 is 0 Å². The smallest absolute Gasteiger partial charge is 0.305 e. The number of halogens is 1. The highest BCUT2D eigenvalue weighted by atomic mass is 19.1. The topological polar surface area (TPSA) is 35.5 Å². The highest BCUT2D eigenvalue weighted by Crippen LogP contribution is 2.21. The predicted molar refractivity (Wildman–Crippen MR) is 40.5 cm³/mol. The molecule has 0 spiro atoms. The summed E-state index contributed by atoms with van der Waals surface area (Å²) in [6.07, 6.45) is -0.405. The molecule has 1 saturated heterocycles. The maximum atomic E-state index is 13.1. The second kappa shape index (κ2) is 4.40. The number of methoxy groups -OCH3 is 1. The Labute approximate surface area is 70.8 Å². The molecule has 0 aromatic rings. The minimum Gasteiger partial charge on any atom is -0.469 e. The standard InChI is InChI=1S/C8H13FO3/c1-11-8(10)4-6-5-12-3-2-7(6)9/h6-7H,2-5H2,1H3. The molecule has 0 N–H and O–H groups in total. The average Bonchev–Trinajstić information content (AvgIpc) is 2.09. The molecule has 0 amide bonds. The van der Waals surface area contributed by atoms with Gasteiger partial charge in [0.15, 0.2) is 0 Å². The number of ether oxygens (including phenoxy) is 2. The molecule has 1 heterocycles. The zero-order chi connectivity index (χ0) is 8.97. The number of carbonyl (C=O) groups excluding carboxylic acids is 1. The molecule has 2 unspecified atom stereocenters. The highest BCUT2D eigenvalue weighted by molar-refractivity contribution is 5.69. The number of rotatable bonds is 2. The van der Waals surface area contributed by atoms with Gasteiger partial charge in [0.25, 0.3) is 0 Å². The monoisotopic (exact) mass is 176 g/mol. The van der Waals surface area contributed by atoms with Crippen LogP contribution in [-0.2, 0) is 14.3 Å². The number of hydrogen-bond donors (Lipinski definition) is 0. The summed E-state index contributed by atoms with van der Waals surface area (Å²) in [5, 5.41) is 0. The fraction of sp³-hybridized carbons (Fsp3) is 0.875. The Morgan fingerprint density at radius 2 is 2.50 bits per heavy atom. The molecule has 0 aromatic heterocycles. The number of alkyl halides is 1. The fourth-order valence-electron chi connectivity index (χ4n) is 1.25. The average molecular weight is 176 g/mol. The maximum Gasteiger partial charge on any atom is 0.305 e. The molecule has 0 aliphatic carbocycles. The summed E-state index contributed by atoms with van der Waals surface area (Å²) in [7, 11) is 1.30. The lowest BCUT2D eigenvalue weighted by Gasteiger charge is -2.24. The van der Waals surface area contributed by atoms with Gasteiger partial charge in [0.1, 0.15) is 6.17 Å². The Morgan fingerprint density at radius 1 is 1.75 bits per heavy atom. The van der Waals surface area contributed by atoms with Crippen LogP contribution in [0.2, 0.25) is 0 Å². The van der Waals surface area contributed by atoms with Crippen molar-refractivity contribution >= 4 is 5.97 Å². The molecule has 0 aromatic carbocycles. The molecule has 0 saturated carbocycles. The van der Waals surface area contributed by atoms with E-state index in [0.717, 1.165) is 0 Å². The van der Waals surface area contributed by atoms with Crippen molar-refractivity contribution in [2.75, 3.05) is 20.3 Å². The lowest BCUT2D eigenvalue weighted by atomic mass is 9.97. The molecule has 2 atom stereocenters. The Kier molecular flexibility index (Phi) is 3.47. The lowest BCUT2D eigenvalue weighted by Crippen LogP contribution is -2.30. The second-order valence-electron chi connectivity index (χ2n) is 2.92. The van der Waals surface area contributed by atoms with Gasteiger partial charge in [-0.05, 0) is 0 Å². The van der Waals surface area contributed by atoms with E-state index in [0.29, 0.717) is 19.6 Å². The Hall–Kier alpha value is -0.640. The summed E-state index contributed by atoms with van der Waals surface area (Å²) in [6, 6.07) is 0. The van der Waals surface area contributed by atoms with Gasteiger partial charge in [-0.3, -0.25) is 4.79 Å². The molecule has 3 nitrogen and oxygen atoms in total. The summed E-state index contributed by atoms with van der Waals surface area (Å²) < 4.78 is 22.5. The van der Waals surface area contributed by atoms with Crippen LogP contribution in [0.4, 0.5) is 4.39 Å². The quantitative estimate of drug-likeness (QED) is 0.587. The van der Waals surface area contributed by atoms with E-state index >= 15 is 0 Å². The van der Waals surface area contributed by atoms with Crippen molar-refractivity contribution in [1.29, 1.82) is 0 Å².